The zero-order valence-corrected chi connectivity index (χ0v) is 18.4. The van der Waals surface area contributed by atoms with Crippen LogP contribution in [0.5, 0.6) is 0 Å². The lowest BCUT2D eigenvalue weighted by Gasteiger charge is -2.30. The van der Waals surface area contributed by atoms with Gasteiger partial charge in [-0.15, -0.1) is 0 Å². The minimum atomic E-state index is -1.01. The Morgan fingerprint density at radius 2 is 1.82 bits per heavy atom. The second-order valence-electron chi connectivity index (χ2n) is 8.70. The van der Waals surface area contributed by atoms with E-state index in [9.17, 15) is 18.8 Å². The van der Waals surface area contributed by atoms with Crippen molar-refractivity contribution in [1.29, 1.82) is 5.26 Å². The molecule has 2 fully saturated rings. The van der Waals surface area contributed by atoms with Crippen LogP contribution in [0.3, 0.4) is 0 Å². The van der Waals surface area contributed by atoms with Crippen molar-refractivity contribution in [1.82, 2.24) is 15.1 Å². The summed E-state index contributed by atoms with van der Waals surface area (Å²) < 4.78 is 13.8. The quantitative estimate of drug-likeness (QED) is 0.685. The van der Waals surface area contributed by atoms with Crippen LogP contribution >= 0.6 is 0 Å². The fraction of sp³-hybridized carbons (Fsp3) is 0.360. The highest BCUT2D eigenvalue weighted by Crippen LogP contribution is 2.36. The molecule has 0 bridgehead atoms. The molecule has 170 valence electrons. The maximum atomic E-state index is 13.8. The maximum Gasteiger partial charge on any atom is 0.325 e. The van der Waals surface area contributed by atoms with Gasteiger partial charge < -0.3 is 10.2 Å². The van der Waals surface area contributed by atoms with Crippen LogP contribution in [0, 0.1) is 17.1 Å². The van der Waals surface area contributed by atoms with E-state index in [1.165, 1.54) is 17.0 Å². The van der Waals surface area contributed by atoms with Gasteiger partial charge in [-0.1, -0.05) is 37.1 Å². The van der Waals surface area contributed by atoms with Crippen molar-refractivity contribution in [2.24, 2.45) is 0 Å². The lowest BCUT2D eigenvalue weighted by Crippen LogP contribution is -2.50. The Bertz CT molecular complexity index is 1120. The van der Waals surface area contributed by atoms with Crippen LogP contribution in [0.2, 0.25) is 0 Å². The molecule has 4 amide bonds. The number of halogens is 1. The van der Waals surface area contributed by atoms with Crippen LogP contribution in [0.1, 0.15) is 49.3 Å². The molecule has 1 aliphatic carbocycles. The number of nitrogens with zero attached hydrogens (tertiary/aromatic N) is 3. The third-order valence-corrected chi connectivity index (χ3v) is 6.43. The predicted octanol–water partition coefficient (Wildman–Crippen LogP) is 3.48. The first-order valence-corrected chi connectivity index (χ1v) is 11.0. The van der Waals surface area contributed by atoms with Crippen LogP contribution in [-0.2, 0) is 22.7 Å². The van der Waals surface area contributed by atoms with Gasteiger partial charge in [-0.05, 0) is 55.2 Å². The Morgan fingerprint density at radius 1 is 1.15 bits per heavy atom. The summed E-state index contributed by atoms with van der Waals surface area (Å²) in [5, 5.41) is 11.8. The number of hydrogen-bond acceptors (Lipinski definition) is 4. The van der Waals surface area contributed by atoms with Gasteiger partial charge in [0.1, 0.15) is 17.4 Å². The highest BCUT2D eigenvalue weighted by Gasteiger charge is 2.54. The van der Waals surface area contributed by atoms with Gasteiger partial charge >= 0.3 is 6.03 Å². The third kappa shape index (κ3) is 4.44. The number of urea groups is 1. The summed E-state index contributed by atoms with van der Waals surface area (Å²) in [7, 11) is 0. The summed E-state index contributed by atoms with van der Waals surface area (Å²) in [6.07, 6.45) is 2.86. The minimum absolute atomic E-state index is 0.107. The van der Waals surface area contributed by atoms with Crippen molar-refractivity contribution >= 4 is 17.8 Å². The van der Waals surface area contributed by atoms with E-state index in [0.717, 1.165) is 23.3 Å². The van der Waals surface area contributed by atoms with Crippen molar-refractivity contribution in [3.63, 3.8) is 0 Å². The molecule has 1 unspecified atom stereocenters. The first-order valence-electron chi connectivity index (χ1n) is 11.0. The second-order valence-corrected chi connectivity index (χ2v) is 8.70. The van der Waals surface area contributed by atoms with Crippen molar-refractivity contribution in [3.05, 3.63) is 71.0 Å². The Morgan fingerprint density at radius 3 is 2.45 bits per heavy atom. The SMILES string of the molecule is CC(C(=O)N(Cc1ccc(C#N)cc1)Cc1cccc(F)c1)N1C(=O)NC2(CCCC2)C1=O. The molecule has 0 aromatic heterocycles. The van der Waals surface area contributed by atoms with Gasteiger partial charge in [0.2, 0.25) is 5.91 Å². The average Bonchev–Trinajstić information content (AvgIpc) is 3.37. The van der Waals surface area contributed by atoms with E-state index in [1.807, 2.05) is 0 Å². The number of nitriles is 1. The summed E-state index contributed by atoms with van der Waals surface area (Å²) in [6, 6.07) is 13.3. The molecular formula is C25H25FN4O3. The van der Waals surface area contributed by atoms with E-state index < -0.39 is 29.3 Å². The van der Waals surface area contributed by atoms with Crippen molar-refractivity contribution in [2.75, 3.05) is 0 Å². The zero-order chi connectivity index (χ0) is 23.6. The maximum absolute atomic E-state index is 13.8. The number of carbonyl (C=O) groups excluding carboxylic acids is 3. The van der Waals surface area contributed by atoms with E-state index in [1.54, 1.807) is 43.3 Å². The normalized spacial score (nSPS) is 17.7. The number of rotatable bonds is 6. The van der Waals surface area contributed by atoms with Crippen molar-refractivity contribution in [2.45, 2.75) is 57.3 Å². The van der Waals surface area contributed by atoms with Gasteiger partial charge in [0.05, 0.1) is 11.6 Å². The second kappa shape index (κ2) is 9.02. The van der Waals surface area contributed by atoms with E-state index >= 15 is 0 Å². The molecule has 1 atom stereocenters. The van der Waals surface area contributed by atoms with Crippen LogP contribution in [0.15, 0.2) is 48.5 Å². The molecule has 1 spiro atoms. The van der Waals surface area contributed by atoms with Crippen LogP contribution in [-0.4, -0.2) is 39.2 Å². The number of carbonyl (C=O) groups is 3. The third-order valence-electron chi connectivity index (χ3n) is 6.43. The monoisotopic (exact) mass is 448 g/mol. The molecule has 2 aromatic carbocycles. The van der Waals surface area contributed by atoms with Crippen LogP contribution < -0.4 is 5.32 Å². The first-order chi connectivity index (χ1) is 15.8. The zero-order valence-electron chi connectivity index (χ0n) is 18.4. The number of benzene rings is 2. The molecule has 1 saturated carbocycles. The fourth-order valence-electron chi connectivity index (χ4n) is 4.66. The van der Waals surface area contributed by atoms with Crippen molar-refractivity contribution in [3.8, 4) is 6.07 Å². The number of imide groups is 1. The number of amides is 4. The summed E-state index contributed by atoms with van der Waals surface area (Å²) in [5.41, 5.74) is 0.965. The van der Waals surface area contributed by atoms with Gasteiger partial charge in [-0.3, -0.25) is 9.59 Å². The summed E-state index contributed by atoms with van der Waals surface area (Å²) in [5.74, 6) is -1.18. The molecule has 8 heteroatoms. The largest absolute Gasteiger partial charge is 0.332 e. The Kier molecular flexibility index (Phi) is 6.14. The van der Waals surface area contributed by atoms with Crippen molar-refractivity contribution < 1.29 is 18.8 Å². The Hall–Kier alpha value is -3.73. The molecule has 2 aliphatic rings. The predicted molar refractivity (Wildman–Crippen MR) is 118 cm³/mol. The molecule has 1 heterocycles. The summed E-state index contributed by atoms with van der Waals surface area (Å²) in [4.78, 5) is 41.9. The molecule has 4 rings (SSSR count). The van der Waals surface area contributed by atoms with Gasteiger partial charge in [0, 0.05) is 13.1 Å². The van der Waals surface area contributed by atoms with Gasteiger partial charge in [0.15, 0.2) is 0 Å². The molecule has 1 saturated heterocycles. The van der Waals surface area contributed by atoms with Gasteiger partial charge in [-0.25, -0.2) is 14.1 Å². The molecule has 7 nitrogen and oxygen atoms in total. The number of nitrogens with one attached hydrogen (secondary N) is 1. The first kappa shape index (κ1) is 22.5. The highest BCUT2D eigenvalue weighted by atomic mass is 19.1. The molecule has 33 heavy (non-hydrogen) atoms. The molecule has 1 aliphatic heterocycles. The van der Waals surface area contributed by atoms with E-state index in [4.69, 9.17) is 5.26 Å². The summed E-state index contributed by atoms with van der Waals surface area (Å²) in [6.45, 7) is 1.83. The minimum Gasteiger partial charge on any atom is -0.332 e. The van der Waals surface area contributed by atoms with Gasteiger partial charge in [-0.2, -0.15) is 5.26 Å². The van der Waals surface area contributed by atoms with E-state index in [0.29, 0.717) is 24.0 Å². The smallest absolute Gasteiger partial charge is 0.325 e. The average molecular weight is 448 g/mol. The topological polar surface area (TPSA) is 93.5 Å². The molecule has 2 aromatic rings. The summed E-state index contributed by atoms with van der Waals surface area (Å²) >= 11 is 0. The lowest BCUT2D eigenvalue weighted by atomic mass is 9.97. The number of hydrogen-bond donors (Lipinski definition) is 1. The molecule has 0 radical (unpaired) electrons. The van der Waals surface area contributed by atoms with Gasteiger partial charge in [0.25, 0.3) is 5.91 Å². The van der Waals surface area contributed by atoms with Crippen LogP contribution in [0.4, 0.5) is 9.18 Å². The lowest BCUT2D eigenvalue weighted by molar-refractivity contribution is -0.143. The van der Waals surface area contributed by atoms with Crippen LogP contribution in [0.25, 0.3) is 0 Å². The molecule has 1 N–H and O–H groups in total. The fourth-order valence-corrected chi connectivity index (χ4v) is 4.66. The Labute approximate surface area is 191 Å². The standard InChI is InChI=1S/C25H25FN4O3/c1-17(30-23(32)25(28-24(30)33)11-2-3-12-25)22(31)29(16-20-5-4-6-21(26)13-20)15-19-9-7-18(14-27)8-10-19/h4-10,13,17H,2-3,11-12,15-16H2,1H3,(H,28,33). The Balaban J connectivity index is 1.59. The van der Waals surface area contributed by atoms with E-state index in [-0.39, 0.29) is 19.0 Å². The highest BCUT2D eigenvalue weighted by molar-refractivity contribution is 6.10. The molecular weight excluding hydrogens is 423 g/mol. The van der Waals surface area contributed by atoms with E-state index in [2.05, 4.69) is 11.4 Å².